The normalized spacial score (nSPS) is 45.7. The molecule has 2 heterocycles. The molecule has 0 aromatic rings. The summed E-state index contributed by atoms with van der Waals surface area (Å²) in [6.07, 6.45) is -4.29. The Kier molecular flexibility index (Phi) is 4.13. The highest BCUT2D eigenvalue weighted by Crippen LogP contribution is 2.29. The van der Waals surface area contributed by atoms with Gasteiger partial charge in [-0.05, 0) is 26.6 Å². The molecule has 2 saturated heterocycles. The van der Waals surface area contributed by atoms with Crippen molar-refractivity contribution in [3.8, 4) is 0 Å². The summed E-state index contributed by atoms with van der Waals surface area (Å²) < 4.78 is 22.2. The van der Waals surface area contributed by atoms with Crippen LogP contribution >= 0.6 is 0 Å². The van der Waals surface area contributed by atoms with Gasteiger partial charge in [0.1, 0.15) is 24.4 Å². The Hall–Kier alpha value is -0.0231. The smallest absolute Gasteiger partial charge is 0.187 e. The van der Waals surface area contributed by atoms with E-state index in [4.69, 9.17) is 18.6 Å². The molecule has 106 valence electrons. The number of rotatable bonds is 2. The van der Waals surface area contributed by atoms with Crippen LogP contribution in [0.25, 0.3) is 0 Å². The Morgan fingerprint density at radius 3 is 2.39 bits per heavy atom. The molecule has 0 aromatic heterocycles. The Balaban J connectivity index is 2.05. The quantitative estimate of drug-likeness (QED) is 0.695. The van der Waals surface area contributed by atoms with Gasteiger partial charge in [-0.25, -0.2) is 0 Å². The lowest BCUT2D eigenvalue weighted by molar-refractivity contribution is -0.345. The Morgan fingerprint density at radius 2 is 1.78 bits per heavy atom. The van der Waals surface area contributed by atoms with Crippen molar-refractivity contribution in [1.29, 1.82) is 0 Å². The molecule has 1 unspecified atom stereocenters. The van der Waals surface area contributed by atoms with Crippen LogP contribution < -0.4 is 0 Å². The van der Waals surface area contributed by atoms with Gasteiger partial charge in [-0.3, -0.25) is 0 Å². The van der Waals surface area contributed by atoms with Gasteiger partial charge >= 0.3 is 0 Å². The first kappa shape index (κ1) is 14.4. The minimum absolute atomic E-state index is 0.334. The Bertz CT molecular complexity index is 292. The van der Waals surface area contributed by atoms with E-state index in [1.54, 1.807) is 6.92 Å². The van der Waals surface area contributed by atoms with Crippen molar-refractivity contribution < 1.29 is 28.8 Å². The lowest BCUT2D eigenvalue weighted by Crippen LogP contribution is -2.64. The summed E-state index contributed by atoms with van der Waals surface area (Å²) in [6, 6.07) is 0. The third kappa shape index (κ3) is 3.10. The van der Waals surface area contributed by atoms with Crippen LogP contribution in [0.3, 0.4) is 0 Å². The first-order valence-corrected chi connectivity index (χ1v) is 9.65. The van der Waals surface area contributed by atoms with Crippen molar-refractivity contribution >= 4 is 8.32 Å². The van der Waals surface area contributed by atoms with Crippen molar-refractivity contribution in [1.82, 2.24) is 0 Å². The number of hydrogen-bond acceptors (Lipinski definition) is 6. The van der Waals surface area contributed by atoms with Crippen LogP contribution in [-0.2, 0) is 18.6 Å². The van der Waals surface area contributed by atoms with Crippen LogP contribution in [-0.4, -0.2) is 62.1 Å². The van der Waals surface area contributed by atoms with Crippen LogP contribution in [0.2, 0.25) is 19.6 Å². The van der Waals surface area contributed by atoms with Crippen molar-refractivity contribution in [2.45, 2.75) is 63.6 Å². The summed E-state index contributed by atoms with van der Waals surface area (Å²) in [6.45, 7) is 8.08. The number of ether oxygens (including phenoxy) is 3. The molecule has 0 spiro atoms. The lowest BCUT2D eigenvalue weighted by Gasteiger charge is -2.46. The zero-order valence-corrected chi connectivity index (χ0v) is 12.2. The summed E-state index contributed by atoms with van der Waals surface area (Å²) in [5.41, 5.74) is 0. The Morgan fingerprint density at radius 1 is 1.11 bits per heavy atom. The van der Waals surface area contributed by atoms with Gasteiger partial charge in [0.15, 0.2) is 20.9 Å². The van der Waals surface area contributed by atoms with Crippen molar-refractivity contribution in [2.75, 3.05) is 6.61 Å². The van der Waals surface area contributed by atoms with Crippen LogP contribution in [0.4, 0.5) is 0 Å². The summed E-state index contributed by atoms with van der Waals surface area (Å²) >= 11 is 0. The van der Waals surface area contributed by atoms with Gasteiger partial charge in [0.05, 0.1) is 6.61 Å². The largest absolute Gasteiger partial charge is 0.391 e. The molecule has 7 heteroatoms. The monoisotopic (exact) mass is 278 g/mol. The maximum absolute atomic E-state index is 10.1. The third-order valence-corrected chi connectivity index (χ3v) is 3.89. The molecular weight excluding hydrogens is 256 g/mol. The van der Waals surface area contributed by atoms with Gasteiger partial charge < -0.3 is 28.8 Å². The van der Waals surface area contributed by atoms with Gasteiger partial charge in [0, 0.05) is 0 Å². The molecule has 0 radical (unpaired) electrons. The Labute approximate surface area is 108 Å². The number of fused-ring (bicyclic) bond motifs is 1. The minimum Gasteiger partial charge on any atom is -0.391 e. The van der Waals surface area contributed by atoms with Crippen LogP contribution in [0.15, 0.2) is 0 Å². The molecule has 2 aliphatic heterocycles. The number of aliphatic hydroxyl groups excluding tert-OH is 2. The van der Waals surface area contributed by atoms with Crippen molar-refractivity contribution in [2.24, 2.45) is 0 Å². The zero-order chi connectivity index (χ0) is 13.5. The minimum atomic E-state index is -1.86. The predicted molar refractivity (Wildman–Crippen MR) is 65.4 cm³/mol. The van der Waals surface area contributed by atoms with E-state index in [1.165, 1.54) is 0 Å². The molecule has 2 aliphatic rings. The molecule has 0 aromatic carbocycles. The average Bonchev–Trinajstić information content (AvgIpc) is 2.25. The highest BCUT2D eigenvalue weighted by Gasteiger charge is 2.49. The molecule has 6 nitrogen and oxygen atoms in total. The first-order chi connectivity index (χ1) is 8.28. The number of hydrogen-bond donors (Lipinski definition) is 2. The fourth-order valence-electron chi connectivity index (χ4n) is 2.14. The molecule has 2 rings (SSSR count). The van der Waals surface area contributed by atoms with Gasteiger partial charge in [0.25, 0.3) is 0 Å². The van der Waals surface area contributed by atoms with Crippen molar-refractivity contribution in [3.63, 3.8) is 0 Å². The van der Waals surface area contributed by atoms with Crippen molar-refractivity contribution in [3.05, 3.63) is 0 Å². The second-order valence-corrected chi connectivity index (χ2v) is 10.2. The highest BCUT2D eigenvalue weighted by molar-refractivity contribution is 6.69. The molecule has 2 N–H and O–H groups in total. The van der Waals surface area contributed by atoms with Crippen LogP contribution in [0.5, 0.6) is 0 Å². The van der Waals surface area contributed by atoms with Gasteiger partial charge in [-0.2, -0.15) is 0 Å². The van der Waals surface area contributed by atoms with E-state index in [9.17, 15) is 10.2 Å². The number of aliphatic hydroxyl groups is 2. The van der Waals surface area contributed by atoms with Gasteiger partial charge in [-0.1, -0.05) is 0 Å². The first-order valence-electron chi connectivity index (χ1n) is 6.24. The second kappa shape index (κ2) is 5.16. The lowest BCUT2D eigenvalue weighted by atomic mass is 9.98. The topological polar surface area (TPSA) is 77.4 Å². The molecule has 0 aliphatic carbocycles. The van der Waals surface area contributed by atoms with Gasteiger partial charge in [0.2, 0.25) is 0 Å². The van der Waals surface area contributed by atoms with E-state index < -0.39 is 45.3 Å². The zero-order valence-electron chi connectivity index (χ0n) is 11.2. The summed E-state index contributed by atoms with van der Waals surface area (Å²) in [7, 11) is -1.86. The van der Waals surface area contributed by atoms with E-state index in [0.717, 1.165) is 0 Å². The predicted octanol–water partition coefficient (Wildman–Crippen LogP) is 0.0460. The van der Waals surface area contributed by atoms with E-state index in [0.29, 0.717) is 6.61 Å². The molecule has 0 amide bonds. The standard InChI is InChI=1S/C11H22O6Si/c1-6-14-5-7-10(15-6)8(12)9(13)11(16-7)17-18(2,3)4/h6-13H,5H2,1-4H3/t6?,7-,8-,9-,10-,11+/m1/s1. The van der Waals surface area contributed by atoms with Crippen LogP contribution in [0, 0.1) is 0 Å². The SMILES string of the molecule is CC1OC[C@H]2O[C@@H](O[Si](C)(C)C)[C@H](O)[C@@H](O)[C@@H]2O1. The fraction of sp³-hybridized carbons (Fsp3) is 1.00. The van der Waals surface area contributed by atoms with Crippen LogP contribution in [0.1, 0.15) is 6.92 Å². The maximum atomic E-state index is 10.1. The summed E-state index contributed by atoms with van der Waals surface area (Å²) in [4.78, 5) is 0. The summed E-state index contributed by atoms with van der Waals surface area (Å²) in [5.74, 6) is 0. The van der Waals surface area contributed by atoms with Gasteiger partial charge in [-0.15, -0.1) is 0 Å². The van der Waals surface area contributed by atoms with E-state index in [-0.39, 0.29) is 0 Å². The molecule has 2 fully saturated rings. The van der Waals surface area contributed by atoms with E-state index in [2.05, 4.69) is 0 Å². The van der Waals surface area contributed by atoms with E-state index in [1.807, 2.05) is 19.6 Å². The maximum Gasteiger partial charge on any atom is 0.187 e. The average molecular weight is 278 g/mol. The second-order valence-electron chi connectivity index (χ2n) is 5.76. The molecular formula is C11H22O6Si. The summed E-state index contributed by atoms with van der Waals surface area (Å²) in [5, 5.41) is 20.1. The van der Waals surface area contributed by atoms with E-state index >= 15 is 0 Å². The third-order valence-electron chi connectivity index (χ3n) is 2.95. The fourth-order valence-corrected chi connectivity index (χ4v) is 3.04. The molecule has 0 saturated carbocycles. The molecule has 6 atom stereocenters. The highest BCUT2D eigenvalue weighted by atomic mass is 28.4. The molecule has 18 heavy (non-hydrogen) atoms. The molecule has 0 bridgehead atoms.